The van der Waals surface area contributed by atoms with Gasteiger partial charge in [-0.15, -0.1) is 0 Å². The van der Waals surface area contributed by atoms with Gasteiger partial charge in [-0.1, -0.05) is 38.8 Å². The zero-order chi connectivity index (χ0) is 34.3. The summed E-state index contributed by atoms with van der Waals surface area (Å²) in [5.74, 6) is -3.81. The van der Waals surface area contributed by atoms with Gasteiger partial charge in [0.1, 0.15) is 47.5 Å². The van der Waals surface area contributed by atoms with Crippen LogP contribution in [0.2, 0.25) is 0 Å². The molecule has 3 saturated carbocycles. The monoisotopic (exact) mass is 674 g/mol. The van der Waals surface area contributed by atoms with Gasteiger partial charge in [0, 0.05) is 18.6 Å². The van der Waals surface area contributed by atoms with Gasteiger partial charge in [0.25, 0.3) is 0 Å². The Morgan fingerprint density at radius 3 is 2.56 bits per heavy atom. The fourth-order valence-electron chi connectivity index (χ4n) is 11.7. The van der Waals surface area contributed by atoms with Crippen LogP contribution in [0.4, 0.5) is 0 Å². The number of rotatable bonds is 9. The van der Waals surface area contributed by atoms with E-state index in [1.807, 2.05) is 13.8 Å². The molecule has 8 bridgehead atoms. The topological polar surface area (TPSA) is 177 Å². The van der Waals surface area contributed by atoms with E-state index in [1.54, 1.807) is 0 Å². The first-order valence-corrected chi connectivity index (χ1v) is 17.1. The highest BCUT2D eigenvalue weighted by molar-refractivity contribution is 5.99. The van der Waals surface area contributed by atoms with Crippen molar-refractivity contribution in [1.29, 1.82) is 0 Å². The maximum absolute atomic E-state index is 15.3. The number of hydrogen-bond donors (Lipinski definition) is 3. The first-order valence-electron chi connectivity index (χ1n) is 17.1. The molecule has 4 heterocycles. The lowest BCUT2D eigenvalue weighted by Gasteiger charge is -2.59. The minimum atomic E-state index is -2.22. The third-order valence-corrected chi connectivity index (χ3v) is 13.7. The summed E-state index contributed by atoms with van der Waals surface area (Å²) in [4.78, 5) is 42.6. The zero-order valence-corrected chi connectivity index (χ0v) is 28.1. The number of methoxy groups -OCH3 is 2. The van der Waals surface area contributed by atoms with E-state index in [2.05, 4.69) is 13.0 Å². The van der Waals surface area contributed by atoms with E-state index in [9.17, 15) is 24.9 Å². The van der Waals surface area contributed by atoms with Crippen LogP contribution in [0.5, 0.6) is 0 Å². The van der Waals surface area contributed by atoms with Gasteiger partial charge in [0.15, 0.2) is 18.5 Å². The van der Waals surface area contributed by atoms with Crippen molar-refractivity contribution in [1.82, 2.24) is 0 Å². The van der Waals surface area contributed by atoms with Gasteiger partial charge < -0.3 is 48.5 Å². The van der Waals surface area contributed by atoms with E-state index >= 15 is 4.79 Å². The highest BCUT2D eigenvalue weighted by atomic mass is 17.0. The van der Waals surface area contributed by atoms with Crippen LogP contribution in [0.1, 0.15) is 53.4 Å². The Morgan fingerprint density at radius 2 is 1.90 bits per heavy atom. The minimum absolute atomic E-state index is 0.0969. The normalized spacial score (nSPS) is 54.0. The van der Waals surface area contributed by atoms with Crippen molar-refractivity contribution in [3.05, 3.63) is 23.5 Å². The molecule has 0 unspecified atom stereocenters. The predicted molar refractivity (Wildman–Crippen MR) is 161 cm³/mol. The first kappa shape index (κ1) is 32.9. The predicted octanol–water partition coefficient (Wildman–Crippen LogP) is 1.16. The van der Waals surface area contributed by atoms with E-state index in [1.165, 1.54) is 21.1 Å². The molecule has 0 aromatic heterocycles. The number of fused-ring (bicyclic) bond motifs is 2. The molecule has 5 aliphatic carbocycles. The molecule has 0 aromatic carbocycles. The van der Waals surface area contributed by atoms with Crippen molar-refractivity contribution < 1.29 is 62.9 Å². The fraction of sp³-hybridized carbons (Fsp3) is 0.800. The molecule has 0 radical (unpaired) electrons. The summed E-state index contributed by atoms with van der Waals surface area (Å²) in [5, 5.41) is 33.8. The molecule has 0 aromatic rings. The molecule has 13 nitrogen and oxygen atoms in total. The molecule has 9 aliphatic rings. The van der Waals surface area contributed by atoms with Crippen LogP contribution in [0.15, 0.2) is 23.5 Å². The number of esters is 1. The number of allylic oxidation sites excluding steroid dienone is 1. The Balaban J connectivity index is 1.24. The average Bonchev–Trinajstić information content (AvgIpc) is 3.78. The number of carbonyl (C=O) groups excluding carboxylic acids is 3. The summed E-state index contributed by atoms with van der Waals surface area (Å²) in [6.45, 7) is 7.20. The van der Waals surface area contributed by atoms with Crippen LogP contribution in [-0.4, -0.2) is 109 Å². The first-order chi connectivity index (χ1) is 22.7. The molecule has 48 heavy (non-hydrogen) atoms. The molecule has 16 atom stereocenters. The number of ether oxygens (including phenoxy) is 7. The number of carbonyl (C=O) groups is 3. The molecule has 4 aliphatic heterocycles. The maximum Gasteiger partial charge on any atom is 0.318 e. The second-order valence-corrected chi connectivity index (χ2v) is 16.0. The number of aliphatic hydroxyl groups is 3. The lowest BCUT2D eigenvalue weighted by atomic mass is 9.43. The molecule has 3 N–H and O–H groups in total. The summed E-state index contributed by atoms with van der Waals surface area (Å²) in [6.07, 6.45) is -0.896. The van der Waals surface area contributed by atoms with Crippen molar-refractivity contribution in [2.24, 2.45) is 45.8 Å². The average molecular weight is 675 g/mol. The van der Waals surface area contributed by atoms with E-state index in [0.29, 0.717) is 12.8 Å². The SMILES string of the molecule is COC1=CC(=O)[C@@H](OC(=O)[C@@]23C(C(C)C)=C[C@H]4C[C@]2(C=O)[C@@H]2CC[C@@H](C)[C@H]2C[C@]43CO[C@]23O[C@H]4O[C@H]([C@@H](OC)[C@H]4O2)[C@H]3O)[C@](C)(O)[C@@H]1O. The molecule has 13 heteroatoms. The van der Waals surface area contributed by atoms with Gasteiger partial charge in [-0.05, 0) is 55.8 Å². The Morgan fingerprint density at radius 1 is 1.15 bits per heavy atom. The highest BCUT2D eigenvalue weighted by Gasteiger charge is 2.85. The second-order valence-electron chi connectivity index (χ2n) is 16.0. The van der Waals surface area contributed by atoms with Crippen molar-refractivity contribution in [3.8, 4) is 0 Å². The quantitative estimate of drug-likeness (QED) is 0.181. The van der Waals surface area contributed by atoms with Crippen LogP contribution < -0.4 is 0 Å². The number of aliphatic hydroxyl groups excluding tert-OH is 2. The summed E-state index contributed by atoms with van der Waals surface area (Å²) in [7, 11) is 2.78. The Kier molecular flexibility index (Phi) is 7.14. The Labute approximate surface area is 278 Å². The number of aldehydes is 1. The van der Waals surface area contributed by atoms with Crippen molar-refractivity contribution in [2.45, 2.75) is 108 Å². The molecular formula is C35H46O13. The van der Waals surface area contributed by atoms with Gasteiger partial charge in [-0.2, -0.15) is 0 Å². The lowest BCUT2D eigenvalue weighted by molar-refractivity contribution is -0.448. The van der Waals surface area contributed by atoms with Gasteiger partial charge in [0.2, 0.25) is 5.78 Å². The lowest BCUT2D eigenvalue weighted by Crippen LogP contribution is -2.67. The maximum atomic E-state index is 15.3. The Bertz CT molecular complexity index is 1490. The number of hydrogen-bond acceptors (Lipinski definition) is 13. The van der Waals surface area contributed by atoms with E-state index in [-0.39, 0.29) is 42.0 Å². The van der Waals surface area contributed by atoms with Crippen LogP contribution >= 0.6 is 0 Å². The molecule has 7 fully saturated rings. The van der Waals surface area contributed by atoms with Gasteiger partial charge in [-0.25, -0.2) is 0 Å². The molecule has 0 amide bonds. The van der Waals surface area contributed by atoms with Gasteiger partial charge in [0.05, 0.1) is 19.1 Å². The standard InChI is InChI=1S/C35H46O13/c1-15(2)20-9-17-11-32(13-36)19-8-7-16(3)18(19)12-33(17,14-44-35-27(39)24-23(43-6)25(47-35)29(45-24)48-35)34(20,32)30(40)46-28-21(37)10-22(42-5)26(38)31(28,4)41/h9-10,13,15-19,23-29,38-39,41H,7-8,11-12,14H2,1-6H3/t16-,17+,18-,19-,23-,24-,25-,26-,27-,28-,29-,31-,32+,33+,34+,35+/m1/s1. The minimum Gasteiger partial charge on any atom is -0.498 e. The van der Waals surface area contributed by atoms with Crippen LogP contribution in [-0.2, 0) is 47.5 Å². The second kappa shape index (κ2) is 10.4. The van der Waals surface area contributed by atoms with Crippen molar-refractivity contribution in [2.75, 3.05) is 20.8 Å². The number of ketones is 1. The van der Waals surface area contributed by atoms with Crippen LogP contribution in [0.25, 0.3) is 0 Å². The van der Waals surface area contributed by atoms with Gasteiger partial charge >= 0.3 is 11.9 Å². The van der Waals surface area contributed by atoms with Crippen molar-refractivity contribution in [3.63, 3.8) is 0 Å². The van der Waals surface area contributed by atoms with Gasteiger partial charge in [-0.3, -0.25) is 14.3 Å². The van der Waals surface area contributed by atoms with E-state index < -0.39 is 82.5 Å². The molecule has 0 spiro atoms. The Hall–Kier alpha value is -2.23. The third-order valence-electron chi connectivity index (χ3n) is 13.7. The summed E-state index contributed by atoms with van der Waals surface area (Å²) < 4.78 is 41.5. The highest BCUT2D eigenvalue weighted by Crippen LogP contribution is 2.83. The smallest absolute Gasteiger partial charge is 0.318 e. The summed E-state index contributed by atoms with van der Waals surface area (Å²) in [5.41, 5.74) is -5.31. The largest absolute Gasteiger partial charge is 0.498 e. The summed E-state index contributed by atoms with van der Waals surface area (Å²) in [6, 6.07) is 0. The van der Waals surface area contributed by atoms with E-state index in [4.69, 9.17) is 33.2 Å². The molecular weight excluding hydrogens is 628 g/mol. The third kappa shape index (κ3) is 3.62. The fourth-order valence-corrected chi connectivity index (χ4v) is 11.7. The molecule has 4 saturated heterocycles. The van der Waals surface area contributed by atoms with E-state index in [0.717, 1.165) is 30.8 Å². The molecule has 9 rings (SSSR count). The molecule has 264 valence electrons. The van der Waals surface area contributed by atoms with Crippen LogP contribution in [0.3, 0.4) is 0 Å². The summed E-state index contributed by atoms with van der Waals surface area (Å²) >= 11 is 0. The van der Waals surface area contributed by atoms with Crippen molar-refractivity contribution >= 4 is 18.0 Å². The zero-order valence-electron chi connectivity index (χ0n) is 28.1. The van der Waals surface area contributed by atoms with Crippen LogP contribution in [0, 0.1) is 45.8 Å².